The molecule has 0 aliphatic carbocycles. The molecule has 0 spiro atoms. The SMILES string of the molecule is C=C[11C](=O)Nc1cccc(Cl)c1. The number of rotatable bonds is 2. The smallest absolute Gasteiger partial charge is 0.247 e. The van der Waals surface area contributed by atoms with E-state index in [2.05, 4.69) is 11.9 Å². The molecule has 1 amide bonds. The molecule has 0 radical (unpaired) electrons. The average molecular weight is 181 g/mol. The number of halogens is 1. The Labute approximate surface area is 75.9 Å². The first kappa shape index (κ1) is 8.81. The van der Waals surface area contributed by atoms with Crippen molar-refractivity contribution in [3.05, 3.63) is 41.9 Å². The summed E-state index contributed by atoms with van der Waals surface area (Å²) in [5, 5.41) is 3.19. The largest absolute Gasteiger partial charge is 0.322 e. The van der Waals surface area contributed by atoms with Crippen LogP contribution in [-0.2, 0) is 4.79 Å². The molecule has 0 aromatic heterocycles. The quantitative estimate of drug-likeness (QED) is 0.696. The molecule has 1 N–H and O–H groups in total. The molecule has 12 heavy (non-hydrogen) atoms. The zero-order valence-corrected chi connectivity index (χ0v) is 7.14. The Morgan fingerprint density at radius 2 is 2.33 bits per heavy atom. The van der Waals surface area contributed by atoms with Crippen LogP contribution < -0.4 is 5.32 Å². The molecule has 0 fully saturated rings. The van der Waals surface area contributed by atoms with Gasteiger partial charge < -0.3 is 5.32 Å². The minimum Gasteiger partial charge on any atom is -0.322 e. The number of hydrogen-bond acceptors (Lipinski definition) is 1. The number of amides is 1. The third kappa shape index (κ3) is 2.40. The first-order valence-electron chi connectivity index (χ1n) is 3.41. The third-order valence-electron chi connectivity index (χ3n) is 1.28. The lowest BCUT2D eigenvalue weighted by atomic mass is 10.0. The van der Waals surface area contributed by atoms with Gasteiger partial charge in [0.25, 0.3) is 0 Å². The Kier molecular flexibility index (Phi) is 2.88. The molecule has 0 saturated heterocycles. The highest BCUT2D eigenvalue weighted by molar-refractivity contribution is 6.30. The van der Waals surface area contributed by atoms with Crippen molar-refractivity contribution in [1.82, 2.24) is 0 Å². The first-order chi connectivity index (χ1) is 5.72. The van der Waals surface area contributed by atoms with Crippen LogP contribution in [0.15, 0.2) is 36.9 Å². The monoisotopic (exact) mass is 180 g/mol. The van der Waals surface area contributed by atoms with Crippen molar-refractivity contribution in [1.29, 1.82) is 0 Å². The van der Waals surface area contributed by atoms with Crippen LogP contribution >= 0.6 is 11.6 Å². The second-order valence-electron chi connectivity index (χ2n) is 2.20. The topological polar surface area (TPSA) is 29.1 Å². The highest BCUT2D eigenvalue weighted by atomic mass is 35.5. The summed E-state index contributed by atoms with van der Waals surface area (Å²) in [7, 11) is 0. The van der Waals surface area contributed by atoms with Crippen LogP contribution in [0.4, 0.5) is 5.69 Å². The number of anilines is 1. The Balaban J connectivity index is 2.76. The van der Waals surface area contributed by atoms with Gasteiger partial charge in [0.15, 0.2) is 0 Å². The van der Waals surface area contributed by atoms with Gasteiger partial charge in [-0.25, -0.2) is 0 Å². The maximum absolute atomic E-state index is 10.8. The maximum atomic E-state index is 10.8. The van der Waals surface area contributed by atoms with E-state index >= 15 is 0 Å². The van der Waals surface area contributed by atoms with Crippen molar-refractivity contribution < 1.29 is 4.79 Å². The summed E-state index contributed by atoms with van der Waals surface area (Å²) < 4.78 is 0. The molecule has 1 rings (SSSR count). The Hall–Kier alpha value is -1.28. The van der Waals surface area contributed by atoms with E-state index in [1.807, 2.05) is 0 Å². The Bertz CT molecular complexity index is 309. The summed E-state index contributed by atoms with van der Waals surface area (Å²) in [6, 6.07) is 6.93. The molecular weight excluding hydrogens is 173 g/mol. The van der Waals surface area contributed by atoms with Gasteiger partial charge in [-0.05, 0) is 24.3 Å². The van der Waals surface area contributed by atoms with Crippen LogP contribution in [0.1, 0.15) is 0 Å². The second kappa shape index (κ2) is 3.93. The van der Waals surface area contributed by atoms with Gasteiger partial charge in [-0.3, -0.25) is 4.79 Å². The molecule has 0 unspecified atom stereocenters. The van der Waals surface area contributed by atoms with Crippen molar-refractivity contribution in [2.75, 3.05) is 5.32 Å². The average Bonchev–Trinajstić information content (AvgIpc) is 2.04. The fourth-order valence-electron chi connectivity index (χ4n) is 0.760. The molecule has 2 nitrogen and oxygen atoms in total. The van der Waals surface area contributed by atoms with Gasteiger partial charge in [-0.1, -0.05) is 24.2 Å². The van der Waals surface area contributed by atoms with Gasteiger partial charge in [0, 0.05) is 10.7 Å². The second-order valence-corrected chi connectivity index (χ2v) is 2.64. The zero-order chi connectivity index (χ0) is 8.97. The summed E-state index contributed by atoms with van der Waals surface area (Å²) in [6.07, 6.45) is 1.21. The van der Waals surface area contributed by atoms with Crippen molar-refractivity contribution in [3.8, 4) is 0 Å². The van der Waals surface area contributed by atoms with Gasteiger partial charge in [-0.2, -0.15) is 0 Å². The van der Waals surface area contributed by atoms with E-state index < -0.39 is 0 Å². The van der Waals surface area contributed by atoms with Crippen LogP contribution in [0.3, 0.4) is 0 Å². The Morgan fingerprint density at radius 1 is 1.58 bits per heavy atom. The van der Waals surface area contributed by atoms with Gasteiger partial charge in [-0.15, -0.1) is 0 Å². The van der Waals surface area contributed by atoms with Crippen LogP contribution in [0.25, 0.3) is 0 Å². The summed E-state index contributed by atoms with van der Waals surface area (Å²) in [5.41, 5.74) is 0.674. The highest BCUT2D eigenvalue weighted by Crippen LogP contribution is 2.14. The van der Waals surface area contributed by atoms with Crippen molar-refractivity contribution in [2.45, 2.75) is 0 Å². The van der Waals surface area contributed by atoms with E-state index in [0.717, 1.165) is 0 Å². The highest BCUT2D eigenvalue weighted by Gasteiger charge is 1.95. The van der Waals surface area contributed by atoms with Crippen molar-refractivity contribution in [3.63, 3.8) is 0 Å². The first-order valence-corrected chi connectivity index (χ1v) is 3.79. The fraction of sp³-hybridized carbons (Fsp3) is 0. The standard InChI is InChI=1S/C9H8ClNO/c1-2-9(12)11-8-5-3-4-7(10)6-8/h2-6H,1H2,(H,11,12)/i9-1. The molecule has 3 heteroatoms. The molecule has 0 saturated carbocycles. The maximum Gasteiger partial charge on any atom is 0.247 e. The molecule has 1 aromatic carbocycles. The van der Waals surface area contributed by atoms with E-state index in [4.69, 9.17) is 11.6 Å². The molecule has 1 aromatic rings. The molecular formula is C9H8ClNO. The lowest BCUT2D eigenvalue weighted by Gasteiger charge is -2.00. The minimum atomic E-state index is -0.239. The molecule has 0 aliphatic heterocycles. The normalized spacial score (nSPS) is 9.08. The van der Waals surface area contributed by atoms with Gasteiger partial charge in [0.1, 0.15) is 0 Å². The van der Waals surface area contributed by atoms with Crippen LogP contribution in [0.5, 0.6) is 0 Å². The van der Waals surface area contributed by atoms with E-state index in [0.29, 0.717) is 10.7 Å². The van der Waals surface area contributed by atoms with Gasteiger partial charge in [0.05, 0.1) is 0 Å². The zero-order valence-electron chi connectivity index (χ0n) is 6.38. The lowest BCUT2D eigenvalue weighted by molar-refractivity contribution is -0.111. The number of benzene rings is 1. The van der Waals surface area contributed by atoms with E-state index in [1.54, 1.807) is 24.3 Å². The fourth-order valence-corrected chi connectivity index (χ4v) is 0.950. The molecule has 0 atom stereocenters. The summed E-state index contributed by atoms with van der Waals surface area (Å²) >= 11 is 5.69. The predicted octanol–water partition coefficient (Wildman–Crippen LogP) is 2.46. The lowest BCUT2D eigenvalue weighted by Crippen LogP contribution is -2.06. The van der Waals surface area contributed by atoms with E-state index in [9.17, 15) is 4.79 Å². The molecule has 0 bridgehead atoms. The third-order valence-corrected chi connectivity index (χ3v) is 1.51. The van der Waals surface area contributed by atoms with E-state index in [1.165, 1.54) is 6.08 Å². The van der Waals surface area contributed by atoms with Crippen LogP contribution in [0, 0.1) is 0 Å². The Morgan fingerprint density at radius 3 is 2.92 bits per heavy atom. The van der Waals surface area contributed by atoms with Crippen LogP contribution in [-0.4, -0.2) is 5.91 Å². The summed E-state index contributed by atoms with van der Waals surface area (Å²) in [6.45, 7) is 3.33. The predicted molar refractivity (Wildman–Crippen MR) is 50.3 cm³/mol. The van der Waals surface area contributed by atoms with E-state index in [-0.39, 0.29) is 5.91 Å². The number of carbonyl (C=O) groups excluding carboxylic acids is 1. The summed E-state index contributed by atoms with van der Waals surface area (Å²) in [4.78, 5) is 10.8. The molecule has 62 valence electrons. The molecule has 0 aliphatic rings. The number of nitrogens with one attached hydrogen (secondary N) is 1. The number of hydrogen-bond donors (Lipinski definition) is 1. The molecule has 0 heterocycles. The van der Waals surface area contributed by atoms with Crippen molar-refractivity contribution >= 4 is 23.2 Å². The van der Waals surface area contributed by atoms with Gasteiger partial charge in [0.2, 0.25) is 5.91 Å². The summed E-state index contributed by atoms with van der Waals surface area (Å²) in [5.74, 6) is -0.239. The number of carbonyl (C=O) groups is 1. The van der Waals surface area contributed by atoms with Crippen molar-refractivity contribution in [2.24, 2.45) is 0 Å². The van der Waals surface area contributed by atoms with Gasteiger partial charge >= 0.3 is 0 Å². The van der Waals surface area contributed by atoms with Crippen LogP contribution in [0.2, 0.25) is 5.02 Å². The minimum absolute atomic E-state index is 0.239.